The highest BCUT2D eigenvalue weighted by molar-refractivity contribution is 7.14. The molecule has 106 valence electrons. The number of halogens is 2. The summed E-state index contributed by atoms with van der Waals surface area (Å²) in [6.45, 7) is 2.00. The van der Waals surface area contributed by atoms with Crippen LogP contribution in [0.25, 0.3) is 11.3 Å². The van der Waals surface area contributed by atoms with E-state index in [9.17, 15) is 0 Å². The molecule has 0 bridgehead atoms. The Kier molecular flexibility index (Phi) is 4.10. The summed E-state index contributed by atoms with van der Waals surface area (Å²) in [6, 6.07) is 9.31. The summed E-state index contributed by atoms with van der Waals surface area (Å²) in [5.41, 5.74) is 2.80. The molecule has 0 radical (unpaired) electrons. The molecule has 2 heterocycles. The number of rotatable bonds is 3. The van der Waals surface area contributed by atoms with Crippen LogP contribution in [-0.2, 0) is 0 Å². The zero-order chi connectivity index (χ0) is 14.8. The fourth-order valence-electron chi connectivity index (χ4n) is 1.80. The molecular weight excluding hydrogens is 325 g/mol. The van der Waals surface area contributed by atoms with Gasteiger partial charge in [0.2, 0.25) is 0 Å². The summed E-state index contributed by atoms with van der Waals surface area (Å²) in [4.78, 5) is 8.83. The minimum absolute atomic E-state index is 0.591. The first-order valence-corrected chi connectivity index (χ1v) is 7.86. The van der Waals surface area contributed by atoms with Crippen molar-refractivity contribution in [3.8, 4) is 11.3 Å². The summed E-state index contributed by atoms with van der Waals surface area (Å²) in [6.07, 6.45) is 1.81. The Hall–Kier alpha value is -1.62. The van der Waals surface area contributed by atoms with Crippen molar-refractivity contribution in [1.82, 2.24) is 9.97 Å². The van der Waals surface area contributed by atoms with E-state index in [1.54, 1.807) is 12.1 Å². The van der Waals surface area contributed by atoms with Crippen LogP contribution in [0.5, 0.6) is 0 Å². The van der Waals surface area contributed by atoms with Gasteiger partial charge in [0.05, 0.1) is 10.7 Å². The van der Waals surface area contributed by atoms with Crippen molar-refractivity contribution in [2.45, 2.75) is 6.92 Å². The molecule has 2 aromatic heterocycles. The van der Waals surface area contributed by atoms with Gasteiger partial charge in [0, 0.05) is 22.2 Å². The largest absolute Gasteiger partial charge is 0.316 e. The Morgan fingerprint density at radius 3 is 2.71 bits per heavy atom. The molecule has 0 fully saturated rings. The number of thiazole rings is 1. The van der Waals surface area contributed by atoms with E-state index in [1.165, 1.54) is 11.3 Å². The number of hydrogen-bond donors (Lipinski definition) is 1. The summed E-state index contributed by atoms with van der Waals surface area (Å²) in [5, 5.41) is 7.10. The van der Waals surface area contributed by atoms with Crippen LogP contribution in [0.2, 0.25) is 10.0 Å². The predicted octanol–water partition coefficient (Wildman–Crippen LogP) is 5.56. The van der Waals surface area contributed by atoms with Crippen LogP contribution in [0.3, 0.4) is 0 Å². The van der Waals surface area contributed by atoms with Gasteiger partial charge in [-0.05, 0) is 36.8 Å². The maximum absolute atomic E-state index is 6.20. The van der Waals surface area contributed by atoms with Gasteiger partial charge in [-0.25, -0.2) is 9.97 Å². The van der Waals surface area contributed by atoms with Gasteiger partial charge >= 0.3 is 0 Å². The average molecular weight is 336 g/mol. The molecule has 3 rings (SSSR count). The SMILES string of the molecule is Cc1ccc(Nc2nc(-c3ccc(Cl)cc3Cl)cs2)nc1. The number of nitrogens with zero attached hydrogens (tertiary/aromatic N) is 2. The van der Waals surface area contributed by atoms with E-state index in [0.29, 0.717) is 10.0 Å². The Labute approximate surface area is 136 Å². The minimum atomic E-state index is 0.591. The molecular formula is C15H11Cl2N3S. The highest BCUT2D eigenvalue weighted by atomic mass is 35.5. The molecule has 0 amide bonds. The quantitative estimate of drug-likeness (QED) is 0.680. The number of nitrogens with one attached hydrogen (secondary N) is 1. The van der Waals surface area contributed by atoms with E-state index in [0.717, 1.165) is 27.8 Å². The third-order valence-corrected chi connectivity index (χ3v) is 4.16. The van der Waals surface area contributed by atoms with Crippen LogP contribution >= 0.6 is 34.5 Å². The van der Waals surface area contributed by atoms with E-state index < -0.39 is 0 Å². The second kappa shape index (κ2) is 6.02. The van der Waals surface area contributed by atoms with Crippen molar-refractivity contribution < 1.29 is 0 Å². The highest BCUT2D eigenvalue weighted by Gasteiger charge is 2.09. The molecule has 0 aliphatic rings. The molecule has 0 saturated heterocycles. The average Bonchev–Trinajstić information content (AvgIpc) is 2.90. The number of hydrogen-bond acceptors (Lipinski definition) is 4. The van der Waals surface area contributed by atoms with Crippen molar-refractivity contribution in [1.29, 1.82) is 0 Å². The van der Waals surface area contributed by atoms with E-state index in [-0.39, 0.29) is 0 Å². The van der Waals surface area contributed by atoms with Crippen LogP contribution in [0.15, 0.2) is 41.9 Å². The van der Waals surface area contributed by atoms with Gasteiger partial charge in [0.15, 0.2) is 5.13 Å². The summed E-state index contributed by atoms with van der Waals surface area (Å²) < 4.78 is 0. The van der Waals surface area contributed by atoms with Crippen molar-refractivity contribution in [3.05, 3.63) is 57.5 Å². The maximum atomic E-state index is 6.20. The molecule has 0 aliphatic heterocycles. The van der Waals surface area contributed by atoms with Gasteiger partial charge in [0.1, 0.15) is 5.82 Å². The zero-order valence-electron chi connectivity index (χ0n) is 11.1. The monoisotopic (exact) mass is 335 g/mol. The molecule has 0 unspecified atom stereocenters. The molecule has 0 atom stereocenters. The Morgan fingerprint density at radius 1 is 1.14 bits per heavy atom. The first kappa shape index (κ1) is 14.3. The van der Waals surface area contributed by atoms with Gasteiger partial charge in [0.25, 0.3) is 0 Å². The number of aryl methyl sites for hydroxylation is 1. The Bertz CT molecular complexity index is 769. The lowest BCUT2D eigenvalue weighted by Gasteiger charge is -2.02. The third kappa shape index (κ3) is 3.35. The lowest BCUT2D eigenvalue weighted by Crippen LogP contribution is -1.92. The number of benzene rings is 1. The summed E-state index contributed by atoms with van der Waals surface area (Å²) in [5.74, 6) is 0.767. The predicted molar refractivity (Wildman–Crippen MR) is 89.8 cm³/mol. The van der Waals surface area contributed by atoms with Crippen molar-refractivity contribution >= 4 is 45.5 Å². The molecule has 3 nitrogen and oxygen atoms in total. The summed E-state index contributed by atoms with van der Waals surface area (Å²) >= 11 is 13.6. The van der Waals surface area contributed by atoms with Gasteiger partial charge in [-0.2, -0.15) is 0 Å². The first-order valence-electron chi connectivity index (χ1n) is 6.22. The summed E-state index contributed by atoms with van der Waals surface area (Å²) in [7, 11) is 0. The lowest BCUT2D eigenvalue weighted by molar-refractivity contribution is 1.25. The lowest BCUT2D eigenvalue weighted by atomic mass is 10.2. The third-order valence-electron chi connectivity index (χ3n) is 2.86. The van der Waals surface area contributed by atoms with E-state index in [1.807, 2.05) is 36.7 Å². The van der Waals surface area contributed by atoms with Gasteiger partial charge in [-0.3, -0.25) is 0 Å². The van der Waals surface area contributed by atoms with E-state index in [4.69, 9.17) is 23.2 Å². The normalized spacial score (nSPS) is 10.6. The highest BCUT2D eigenvalue weighted by Crippen LogP contribution is 2.32. The van der Waals surface area contributed by atoms with Gasteiger partial charge < -0.3 is 5.32 Å². The molecule has 0 saturated carbocycles. The fourth-order valence-corrected chi connectivity index (χ4v) is 3.03. The molecule has 1 N–H and O–H groups in total. The van der Waals surface area contributed by atoms with Crippen molar-refractivity contribution in [3.63, 3.8) is 0 Å². The number of aromatic nitrogens is 2. The van der Waals surface area contributed by atoms with Crippen LogP contribution < -0.4 is 5.32 Å². The van der Waals surface area contributed by atoms with E-state index >= 15 is 0 Å². The molecule has 1 aromatic carbocycles. The van der Waals surface area contributed by atoms with Crippen LogP contribution in [-0.4, -0.2) is 9.97 Å². The van der Waals surface area contributed by atoms with Crippen molar-refractivity contribution in [2.75, 3.05) is 5.32 Å². The second-order valence-electron chi connectivity index (χ2n) is 4.51. The molecule has 3 aromatic rings. The standard InChI is InChI=1S/C15H11Cl2N3S/c1-9-2-5-14(18-7-9)20-15-19-13(8-21-15)11-4-3-10(16)6-12(11)17/h2-8H,1H3,(H,18,19,20). The molecule has 0 aliphatic carbocycles. The van der Waals surface area contributed by atoms with E-state index in [2.05, 4.69) is 15.3 Å². The van der Waals surface area contributed by atoms with Gasteiger partial charge in [-0.1, -0.05) is 29.3 Å². The van der Waals surface area contributed by atoms with Crippen LogP contribution in [0.1, 0.15) is 5.56 Å². The van der Waals surface area contributed by atoms with Crippen molar-refractivity contribution in [2.24, 2.45) is 0 Å². The maximum Gasteiger partial charge on any atom is 0.188 e. The Balaban J connectivity index is 1.84. The Morgan fingerprint density at radius 2 is 2.00 bits per heavy atom. The second-order valence-corrected chi connectivity index (χ2v) is 6.21. The number of anilines is 2. The van der Waals surface area contributed by atoms with Crippen LogP contribution in [0.4, 0.5) is 10.9 Å². The smallest absolute Gasteiger partial charge is 0.188 e. The topological polar surface area (TPSA) is 37.8 Å². The molecule has 21 heavy (non-hydrogen) atoms. The van der Waals surface area contributed by atoms with Crippen LogP contribution in [0, 0.1) is 6.92 Å². The minimum Gasteiger partial charge on any atom is -0.316 e. The molecule has 0 spiro atoms. The molecule has 6 heteroatoms. The van der Waals surface area contributed by atoms with Gasteiger partial charge in [-0.15, -0.1) is 11.3 Å². The fraction of sp³-hybridized carbons (Fsp3) is 0.0667. The first-order chi connectivity index (χ1) is 10.1. The zero-order valence-corrected chi connectivity index (χ0v) is 13.4. The number of pyridine rings is 1.